The van der Waals surface area contributed by atoms with Gasteiger partial charge in [-0.1, -0.05) is 12.2 Å². The Bertz CT molecular complexity index is 631. The number of likely N-dealkylation sites (N-methyl/N-ethyl adjacent to an activating group) is 1. The summed E-state index contributed by atoms with van der Waals surface area (Å²) in [4.78, 5) is 25.3. The number of benzene rings is 1. The Labute approximate surface area is 131 Å². The fourth-order valence-electron chi connectivity index (χ4n) is 1.79. The van der Waals surface area contributed by atoms with Gasteiger partial charge in [0.05, 0.1) is 15.7 Å². The largest absolute Gasteiger partial charge is 0.331 e. The second-order valence-electron chi connectivity index (χ2n) is 4.83. The quantitative estimate of drug-likeness (QED) is 0.664. The van der Waals surface area contributed by atoms with Gasteiger partial charge in [0.25, 0.3) is 0 Å². The molecule has 2 amide bonds. The zero-order valence-electron chi connectivity index (χ0n) is 12.8. The summed E-state index contributed by atoms with van der Waals surface area (Å²) < 4.78 is 25.0. The van der Waals surface area contributed by atoms with Crippen LogP contribution in [0.5, 0.6) is 0 Å². The number of rotatable bonds is 5. The zero-order chi connectivity index (χ0) is 16.9. The van der Waals surface area contributed by atoms with E-state index >= 15 is 0 Å². The highest BCUT2D eigenvalue weighted by Gasteiger charge is 2.21. The summed E-state index contributed by atoms with van der Waals surface area (Å²) in [5.41, 5.74) is 0.889. The smallest absolute Gasteiger partial charge is 0.313 e. The Kier molecular flexibility index (Phi) is 6.42. The van der Waals surface area contributed by atoms with Crippen molar-refractivity contribution in [2.75, 3.05) is 24.7 Å². The lowest BCUT2D eigenvalue weighted by Crippen LogP contribution is -2.40. The fourth-order valence-corrected chi connectivity index (χ4v) is 2.39. The molecule has 0 saturated heterocycles. The lowest BCUT2D eigenvalue weighted by atomic mass is 10.3. The first-order valence-electron chi connectivity index (χ1n) is 6.63. The highest BCUT2D eigenvalue weighted by Crippen LogP contribution is 2.17. The Morgan fingerprint density at radius 3 is 2.50 bits per heavy atom. The maximum absolute atomic E-state index is 13.7. The van der Waals surface area contributed by atoms with Crippen LogP contribution >= 0.6 is 0 Å². The van der Waals surface area contributed by atoms with Gasteiger partial charge in [0, 0.05) is 25.0 Å². The first-order chi connectivity index (χ1) is 10.3. The molecule has 5 nitrogen and oxygen atoms in total. The van der Waals surface area contributed by atoms with E-state index in [-0.39, 0.29) is 17.1 Å². The fraction of sp³-hybridized carbons (Fsp3) is 0.333. The molecule has 0 bridgehead atoms. The standard InChI is InChI=1S/C15H19FN2O3S/c1-5-18(9-10(2)3)15(20)14(19)17-11-6-7-13(22(4)21)12(16)8-11/h6-8H,2,5,9H2,1,3-4H3,(H,17,19)/t22-/m0/s1. The van der Waals surface area contributed by atoms with Crippen molar-refractivity contribution in [2.24, 2.45) is 0 Å². The van der Waals surface area contributed by atoms with Gasteiger partial charge in [-0.15, -0.1) is 0 Å². The van der Waals surface area contributed by atoms with Gasteiger partial charge >= 0.3 is 11.8 Å². The van der Waals surface area contributed by atoms with Gasteiger partial charge in [-0.2, -0.15) is 0 Å². The molecule has 0 aliphatic carbocycles. The molecule has 1 aromatic rings. The summed E-state index contributed by atoms with van der Waals surface area (Å²) in [7, 11) is -1.46. The third-order valence-corrected chi connectivity index (χ3v) is 3.77. The molecule has 0 fully saturated rings. The van der Waals surface area contributed by atoms with Crippen molar-refractivity contribution in [3.05, 3.63) is 36.2 Å². The van der Waals surface area contributed by atoms with Crippen LogP contribution in [0.2, 0.25) is 0 Å². The van der Waals surface area contributed by atoms with E-state index in [0.29, 0.717) is 6.54 Å². The summed E-state index contributed by atoms with van der Waals surface area (Å²) >= 11 is 0. The molecule has 0 heterocycles. The molecular weight excluding hydrogens is 307 g/mol. The highest BCUT2D eigenvalue weighted by atomic mass is 32.2. The van der Waals surface area contributed by atoms with Crippen molar-refractivity contribution in [3.63, 3.8) is 0 Å². The molecule has 1 N–H and O–H groups in total. The number of carbonyl (C=O) groups is 2. The topological polar surface area (TPSA) is 66.5 Å². The minimum atomic E-state index is -1.46. The van der Waals surface area contributed by atoms with Crippen molar-refractivity contribution in [2.45, 2.75) is 18.7 Å². The number of hydrogen-bond acceptors (Lipinski definition) is 3. The molecular formula is C15H19FN2O3S. The van der Waals surface area contributed by atoms with Crippen molar-refractivity contribution >= 4 is 28.3 Å². The van der Waals surface area contributed by atoms with Crippen LogP contribution in [0.4, 0.5) is 10.1 Å². The number of halogens is 1. The number of anilines is 1. The summed E-state index contributed by atoms with van der Waals surface area (Å²) in [6, 6.07) is 3.76. The van der Waals surface area contributed by atoms with Crippen LogP contribution in [0.15, 0.2) is 35.2 Å². The maximum Gasteiger partial charge on any atom is 0.313 e. The van der Waals surface area contributed by atoms with Crippen LogP contribution in [0.3, 0.4) is 0 Å². The normalized spacial score (nSPS) is 11.6. The maximum atomic E-state index is 13.7. The van der Waals surface area contributed by atoms with Crippen LogP contribution < -0.4 is 5.32 Å². The van der Waals surface area contributed by atoms with E-state index in [2.05, 4.69) is 11.9 Å². The molecule has 0 radical (unpaired) electrons. The lowest BCUT2D eigenvalue weighted by molar-refractivity contribution is -0.142. The molecule has 1 atom stereocenters. The first kappa shape index (κ1) is 18.0. The van der Waals surface area contributed by atoms with E-state index < -0.39 is 28.4 Å². The van der Waals surface area contributed by atoms with Gasteiger partial charge in [0.1, 0.15) is 5.82 Å². The second kappa shape index (κ2) is 7.84. The summed E-state index contributed by atoms with van der Waals surface area (Å²) in [6.07, 6.45) is 1.36. The predicted molar refractivity (Wildman–Crippen MR) is 84.4 cm³/mol. The Balaban J connectivity index is 2.83. The summed E-state index contributed by atoms with van der Waals surface area (Å²) in [5, 5.41) is 2.34. The van der Waals surface area contributed by atoms with Crippen molar-refractivity contribution < 1.29 is 18.2 Å². The minimum absolute atomic E-state index is 0.0433. The van der Waals surface area contributed by atoms with Crippen molar-refractivity contribution in [3.8, 4) is 0 Å². The van der Waals surface area contributed by atoms with Crippen LogP contribution in [0, 0.1) is 5.82 Å². The minimum Gasteiger partial charge on any atom is -0.331 e. The molecule has 120 valence electrons. The molecule has 0 saturated carbocycles. The van der Waals surface area contributed by atoms with Gasteiger partial charge in [-0.3, -0.25) is 13.8 Å². The number of hydrogen-bond donors (Lipinski definition) is 1. The van der Waals surface area contributed by atoms with Crippen LogP contribution in [0.25, 0.3) is 0 Å². The van der Waals surface area contributed by atoms with E-state index in [4.69, 9.17) is 0 Å². The summed E-state index contributed by atoms with van der Waals surface area (Å²) in [5.74, 6) is -2.26. The van der Waals surface area contributed by atoms with E-state index in [1.54, 1.807) is 13.8 Å². The summed E-state index contributed by atoms with van der Waals surface area (Å²) in [6.45, 7) is 7.85. The van der Waals surface area contributed by atoms with Gasteiger partial charge in [-0.05, 0) is 32.0 Å². The number of carbonyl (C=O) groups excluding carboxylic acids is 2. The van der Waals surface area contributed by atoms with Gasteiger partial charge < -0.3 is 10.2 Å². The SMILES string of the molecule is C=C(C)CN(CC)C(=O)C(=O)Nc1ccc([S@](C)=O)c(F)c1. The molecule has 0 unspecified atom stereocenters. The van der Waals surface area contributed by atoms with E-state index in [0.717, 1.165) is 11.6 Å². The lowest BCUT2D eigenvalue weighted by Gasteiger charge is -2.20. The van der Waals surface area contributed by atoms with Gasteiger partial charge in [-0.25, -0.2) is 4.39 Å². The van der Waals surface area contributed by atoms with Crippen LogP contribution in [-0.2, 0) is 20.4 Å². The number of nitrogens with zero attached hydrogens (tertiary/aromatic N) is 1. The average molecular weight is 326 g/mol. The monoisotopic (exact) mass is 326 g/mol. The molecule has 1 aromatic carbocycles. The van der Waals surface area contributed by atoms with E-state index in [1.807, 2.05) is 0 Å². The molecule has 0 aromatic heterocycles. The third kappa shape index (κ3) is 4.77. The van der Waals surface area contributed by atoms with Gasteiger partial charge in [0.15, 0.2) is 0 Å². The Morgan fingerprint density at radius 1 is 1.41 bits per heavy atom. The van der Waals surface area contributed by atoms with Crippen molar-refractivity contribution in [1.29, 1.82) is 0 Å². The predicted octanol–water partition coefficient (Wildman–Crippen LogP) is 1.93. The number of nitrogens with one attached hydrogen (secondary N) is 1. The van der Waals surface area contributed by atoms with Crippen LogP contribution in [-0.4, -0.2) is 40.3 Å². The van der Waals surface area contributed by atoms with Gasteiger partial charge in [0.2, 0.25) is 0 Å². The van der Waals surface area contributed by atoms with Crippen molar-refractivity contribution in [1.82, 2.24) is 4.90 Å². The molecule has 1 rings (SSSR count). The third-order valence-electron chi connectivity index (χ3n) is 2.82. The van der Waals surface area contributed by atoms with E-state index in [9.17, 15) is 18.2 Å². The second-order valence-corrected chi connectivity index (χ2v) is 6.18. The first-order valence-corrected chi connectivity index (χ1v) is 8.19. The zero-order valence-corrected chi connectivity index (χ0v) is 13.6. The Morgan fingerprint density at radius 2 is 2.05 bits per heavy atom. The molecule has 0 aliphatic heterocycles. The highest BCUT2D eigenvalue weighted by molar-refractivity contribution is 7.84. The molecule has 22 heavy (non-hydrogen) atoms. The van der Waals surface area contributed by atoms with Crippen LogP contribution in [0.1, 0.15) is 13.8 Å². The molecule has 0 aliphatic rings. The average Bonchev–Trinajstić information content (AvgIpc) is 2.43. The molecule has 0 spiro atoms. The number of amides is 2. The van der Waals surface area contributed by atoms with E-state index in [1.165, 1.54) is 23.3 Å². The molecule has 7 heteroatoms. The Hall–Kier alpha value is -2.02.